The van der Waals surface area contributed by atoms with Gasteiger partial charge in [-0.2, -0.15) is 5.10 Å². The second kappa shape index (κ2) is 11.2. The second-order valence-corrected chi connectivity index (χ2v) is 12.0. The summed E-state index contributed by atoms with van der Waals surface area (Å²) in [7, 11) is 0. The standard InChI is InChI=1S/C29H39N9O3/c1-19-24(15-31-26-25(19)38(11-12-40-26)28(39)41-29(2,3)4)36-10-7-21-13-32-27(35-23(21)18-36)34-22-14-33-37(17-22)16-20-5-8-30-9-6-20/h13-15,17,20,30H,5-12,16,18H2,1-4H3,(H,32,34,35). The largest absolute Gasteiger partial charge is 0.474 e. The molecule has 0 atom stereocenters. The number of rotatable bonds is 5. The quantitative estimate of drug-likeness (QED) is 0.475. The Morgan fingerprint density at radius 3 is 2.80 bits per heavy atom. The first-order valence-electron chi connectivity index (χ1n) is 14.5. The molecule has 218 valence electrons. The minimum atomic E-state index is -0.595. The van der Waals surface area contributed by atoms with E-state index in [4.69, 9.17) is 14.5 Å². The van der Waals surface area contributed by atoms with Crippen LogP contribution in [0.25, 0.3) is 0 Å². The lowest BCUT2D eigenvalue weighted by molar-refractivity contribution is 0.0566. The Morgan fingerprint density at radius 1 is 1.17 bits per heavy atom. The van der Waals surface area contributed by atoms with Gasteiger partial charge in [0.1, 0.15) is 17.9 Å². The van der Waals surface area contributed by atoms with Crippen LogP contribution in [0.2, 0.25) is 0 Å². The summed E-state index contributed by atoms with van der Waals surface area (Å²) >= 11 is 0. The number of nitrogens with one attached hydrogen (secondary N) is 2. The van der Waals surface area contributed by atoms with Gasteiger partial charge in [0.15, 0.2) is 0 Å². The van der Waals surface area contributed by atoms with Crippen LogP contribution < -0.4 is 25.2 Å². The number of carbonyl (C=O) groups is 1. The topological polar surface area (TPSA) is 123 Å². The molecule has 12 nitrogen and oxygen atoms in total. The monoisotopic (exact) mass is 561 g/mol. The van der Waals surface area contributed by atoms with Crippen LogP contribution in [0.4, 0.5) is 27.8 Å². The van der Waals surface area contributed by atoms with E-state index in [9.17, 15) is 4.79 Å². The summed E-state index contributed by atoms with van der Waals surface area (Å²) in [5, 5.41) is 11.3. The van der Waals surface area contributed by atoms with Gasteiger partial charge in [0.25, 0.3) is 0 Å². The van der Waals surface area contributed by atoms with Gasteiger partial charge >= 0.3 is 6.09 Å². The number of fused-ring (bicyclic) bond motifs is 2. The number of pyridine rings is 1. The number of ether oxygens (including phenoxy) is 2. The Kier molecular flexibility index (Phi) is 7.41. The molecular weight excluding hydrogens is 522 g/mol. The Bertz CT molecular complexity index is 1410. The first-order valence-corrected chi connectivity index (χ1v) is 14.5. The zero-order chi connectivity index (χ0) is 28.6. The lowest BCUT2D eigenvalue weighted by Gasteiger charge is -2.35. The van der Waals surface area contributed by atoms with Crippen molar-refractivity contribution in [2.24, 2.45) is 5.92 Å². The zero-order valence-corrected chi connectivity index (χ0v) is 24.3. The van der Waals surface area contributed by atoms with Gasteiger partial charge in [0.05, 0.1) is 42.6 Å². The van der Waals surface area contributed by atoms with Crippen molar-refractivity contribution in [2.45, 2.75) is 65.6 Å². The molecule has 0 aromatic carbocycles. The molecule has 0 spiro atoms. The third-order valence-corrected chi connectivity index (χ3v) is 7.76. The number of piperidine rings is 1. The molecule has 41 heavy (non-hydrogen) atoms. The Balaban J connectivity index is 1.18. The molecule has 3 aromatic rings. The number of amides is 1. The van der Waals surface area contributed by atoms with E-state index in [-0.39, 0.29) is 0 Å². The van der Waals surface area contributed by atoms with E-state index >= 15 is 0 Å². The number of nitrogens with zero attached hydrogens (tertiary/aromatic N) is 7. The average molecular weight is 562 g/mol. The lowest BCUT2D eigenvalue weighted by atomic mass is 9.98. The summed E-state index contributed by atoms with van der Waals surface area (Å²) in [4.78, 5) is 31.0. The molecule has 0 radical (unpaired) electrons. The van der Waals surface area contributed by atoms with Crippen LogP contribution in [0.1, 0.15) is 50.4 Å². The van der Waals surface area contributed by atoms with E-state index in [1.807, 2.05) is 57.2 Å². The molecule has 3 aromatic heterocycles. The van der Waals surface area contributed by atoms with Crippen molar-refractivity contribution in [3.8, 4) is 5.88 Å². The first-order chi connectivity index (χ1) is 19.7. The second-order valence-electron chi connectivity index (χ2n) is 12.0. The molecule has 3 aliphatic rings. The number of anilines is 4. The molecule has 0 bridgehead atoms. The van der Waals surface area contributed by atoms with Crippen LogP contribution in [-0.4, -0.2) is 69.2 Å². The van der Waals surface area contributed by atoms with Crippen LogP contribution in [0.15, 0.2) is 24.8 Å². The summed E-state index contributed by atoms with van der Waals surface area (Å²) in [5.74, 6) is 1.66. The van der Waals surface area contributed by atoms with Crippen molar-refractivity contribution < 1.29 is 14.3 Å². The van der Waals surface area contributed by atoms with E-state index in [1.54, 1.807) is 4.90 Å². The van der Waals surface area contributed by atoms with Crippen molar-refractivity contribution in [1.82, 2.24) is 30.0 Å². The number of carbonyl (C=O) groups excluding carboxylic acids is 1. The van der Waals surface area contributed by atoms with Gasteiger partial charge in [-0.3, -0.25) is 9.58 Å². The summed E-state index contributed by atoms with van der Waals surface area (Å²) in [6, 6.07) is 0. The van der Waals surface area contributed by atoms with Crippen molar-refractivity contribution in [2.75, 3.05) is 47.9 Å². The van der Waals surface area contributed by atoms with Crippen molar-refractivity contribution in [3.05, 3.63) is 41.6 Å². The normalized spacial score (nSPS) is 17.5. The highest BCUT2D eigenvalue weighted by molar-refractivity contribution is 5.92. The fraction of sp³-hybridized carbons (Fsp3) is 0.552. The molecule has 0 saturated carbocycles. The van der Waals surface area contributed by atoms with Crippen molar-refractivity contribution in [3.63, 3.8) is 0 Å². The maximum Gasteiger partial charge on any atom is 0.415 e. The Labute approximate surface area is 240 Å². The third kappa shape index (κ3) is 6.07. The molecule has 1 saturated heterocycles. The molecule has 2 N–H and O–H groups in total. The van der Waals surface area contributed by atoms with Crippen LogP contribution in [-0.2, 0) is 24.2 Å². The molecule has 1 amide bonds. The molecule has 12 heteroatoms. The highest BCUT2D eigenvalue weighted by atomic mass is 16.6. The van der Waals surface area contributed by atoms with Crippen LogP contribution in [0.5, 0.6) is 5.88 Å². The minimum absolute atomic E-state index is 0.374. The summed E-state index contributed by atoms with van der Waals surface area (Å²) < 4.78 is 13.5. The smallest absolute Gasteiger partial charge is 0.415 e. The molecule has 1 fully saturated rings. The first kappa shape index (κ1) is 27.3. The summed E-state index contributed by atoms with van der Waals surface area (Å²) in [5.41, 5.74) is 4.92. The van der Waals surface area contributed by atoms with Crippen LogP contribution in [0.3, 0.4) is 0 Å². The fourth-order valence-corrected chi connectivity index (χ4v) is 5.70. The van der Waals surface area contributed by atoms with Crippen LogP contribution >= 0.6 is 0 Å². The highest BCUT2D eigenvalue weighted by Gasteiger charge is 2.32. The predicted octanol–water partition coefficient (Wildman–Crippen LogP) is 3.82. The van der Waals surface area contributed by atoms with Crippen molar-refractivity contribution in [1.29, 1.82) is 0 Å². The van der Waals surface area contributed by atoms with Gasteiger partial charge in [-0.15, -0.1) is 0 Å². The SMILES string of the molecule is Cc1c(N2CCc3cnc(Nc4cnn(CC5CCNCC5)c4)nc3C2)cnc2c1N(C(=O)OC(C)(C)C)CCO2. The van der Waals surface area contributed by atoms with Gasteiger partial charge in [0, 0.05) is 31.0 Å². The Morgan fingerprint density at radius 2 is 2.00 bits per heavy atom. The summed E-state index contributed by atoms with van der Waals surface area (Å²) in [6.45, 7) is 12.9. The molecule has 3 aliphatic heterocycles. The maximum absolute atomic E-state index is 13.0. The summed E-state index contributed by atoms with van der Waals surface area (Å²) in [6.07, 6.45) is 10.4. The van der Waals surface area contributed by atoms with E-state index < -0.39 is 11.7 Å². The average Bonchev–Trinajstić information content (AvgIpc) is 3.38. The van der Waals surface area contributed by atoms with Crippen molar-refractivity contribution >= 4 is 29.1 Å². The van der Waals surface area contributed by atoms with E-state index in [0.29, 0.717) is 43.1 Å². The molecule has 6 heterocycles. The minimum Gasteiger partial charge on any atom is -0.474 e. The van der Waals surface area contributed by atoms with Gasteiger partial charge in [-0.25, -0.2) is 19.7 Å². The fourth-order valence-electron chi connectivity index (χ4n) is 5.70. The van der Waals surface area contributed by atoms with Gasteiger partial charge in [-0.05, 0) is 71.5 Å². The number of hydrogen-bond donors (Lipinski definition) is 2. The third-order valence-electron chi connectivity index (χ3n) is 7.76. The van der Waals surface area contributed by atoms with E-state index in [0.717, 1.165) is 60.8 Å². The maximum atomic E-state index is 13.0. The molecule has 6 rings (SSSR count). The van der Waals surface area contributed by atoms with Gasteiger partial charge in [-0.1, -0.05) is 0 Å². The number of hydrogen-bond acceptors (Lipinski definition) is 10. The van der Waals surface area contributed by atoms with E-state index in [1.165, 1.54) is 12.8 Å². The van der Waals surface area contributed by atoms with Gasteiger partial charge in [0.2, 0.25) is 11.8 Å². The molecule has 0 unspecified atom stereocenters. The Hall–Kier alpha value is -3.93. The number of aromatic nitrogens is 5. The zero-order valence-electron chi connectivity index (χ0n) is 24.3. The molecule has 0 aliphatic carbocycles. The van der Waals surface area contributed by atoms with Crippen LogP contribution in [0, 0.1) is 12.8 Å². The highest BCUT2D eigenvalue weighted by Crippen LogP contribution is 2.39. The molecular formula is C29H39N9O3. The van der Waals surface area contributed by atoms with Gasteiger partial charge < -0.3 is 25.0 Å². The predicted molar refractivity (Wildman–Crippen MR) is 156 cm³/mol. The van der Waals surface area contributed by atoms with E-state index in [2.05, 4.69) is 30.6 Å². The lowest BCUT2D eigenvalue weighted by Crippen LogP contribution is -2.42.